The lowest BCUT2D eigenvalue weighted by atomic mass is 10.0. The lowest BCUT2D eigenvalue weighted by Gasteiger charge is -2.02. The Kier molecular flexibility index (Phi) is 5.99. The second kappa shape index (κ2) is 7.97. The van der Waals surface area contributed by atoms with Gasteiger partial charge in [-0.25, -0.2) is 9.38 Å². The molecule has 1 aliphatic rings. The molecule has 4 heteroatoms. The van der Waals surface area contributed by atoms with Gasteiger partial charge in [0.2, 0.25) is 0 Å². The van der Waals surface area contributed by atoms with Gasteiger partial charge in [0.15, 0.2) is 5.78 Å². The predicted octanol–water partition coefficient (Wildman–Crippen LogP) is 2.85. The van der Waals surface area contributed by atoms with Crippen LogP contribution in [0.3, 0.4) is 0 Å². The molecule has 0 N–H and O–H groups in total. The minimum Gasteiger partial charge on any atom is -0.294 e. The van der Waals surface area contributed by atoms with Gasteiger partial charge >= 0.3 is 0 Å². The fourth-order valence-corrected chi connectivity index (χ4v) is 2.72. The number of fused-ring (bicyclic) bond motifs is 1. The zero-order valence-corrected chi connectivity index (χ0v) is 13.0. The summed E-state index contributed by atoms with van der Waals surface area (Å²) in [6.07, 6.45) is 8.13. The van der Waals surface area contributed by atoms with Crippen LogP contribution in [-0.4, -0.2) is 11.7 Å². The fraction of sp³-hybridized carbons (Fsp3) is 0.500. The molecule has 1 amide bonds. The number of carbonyl (C=O) groups is 2. The standard InChI is InChI=1S/C18H22FNO2/c1-2-3-4-5-6-7-8-9-16(21)17-14-12-13(19)10-11-15(14)20-18(17)22/h10-12H,2-9H2,1H3. The number of nitrogens with zero attached hydrogens (tertiary/aromatic N) is 1. The summed E-state index contributed by atoms with van der Waals surface area (Å²) in [6.45, 7) is 2.18. The van der Waals surface area contributed by atoms with Crippen LogP contribution in [0.2, 0.25) is 0 Å². The van der Waals surface area contributed by atoms with E-state index in [1.165, 1.54) is 43.9 Å². The van der Waals surface area contributed by atoms with Crippen LogP contribution in [0, 0.1) is 5.82 Å². The second-order valence-electron chi connectivity index (χ2n) is 5.75. The lowest BCUT2D eigenvalue weighted by Crippen LogP contribution is -2.26. The number of unbranched alkanes of at least 4 members (excludes halogenated alkanes) is 6. The zero-order chi connectivity index (χ0) is 15.9. The number of amides is 1. The Balaban J connectivity index is 1.92. The number of hydrogen-bond acceptors (Lipinski definition) is 2. The lowest BCUT2D eigenvalue weighted by molar-refractivity contribution is -0.117. The van der Waals surface area contributed by atoms with Gasteiger partial charge in [-0.2, -0.15) is 0 Å². The average molecular weight is 303 g/mol. The van der Waals surface area contributed by atoms with Crippen LogP contribution in [0.5, 0.6) is 0 Å². The maximum absolute atomic E-state index is 13.3. The number of ketones is 1. The van der Waals surface area contributed by atoms with Crippen molar-refractivity contribution in [2.45, 2.75) is 58.3 Å². The molecule has 1 heterocycles. The van der Waals surface area contributed by atoms with Crippen molar-refractivity contribution in [2.24, 2.45) is 4.99 Å². The Morgan fingerprint density at radius 2 is 1.77 bits per heavy atom. The predicted molar refractivity (Wildman–Crippen MR) is 83.2 cm³/mol. The van der Waals surface area contributed by atoms with Crippen molar-refractivity contribution in [2.75, 3.05) is 0 Å². The summed E-state index contributed by atoms with van der Waals surface area (Å²) in [5.74, 6) is -1.20. The largest absolute Gasteiger partial charge is 0.294 e. The van der Waals surface area contributed by atoms with Gasteiger partial charge in [0.1, 0.15) is 5.82 Å². The molecule has 118 valence electrons. The molecule has 0 aromatic heterocycles. The molecule has 0 radical (unpaired) electrons. The normalized spacial score (nSPS) is 13.2. The Hall–Kier alpha value is -1.84. The minimum atomic E-state index is -0.534. The maximum Gasteiger partial charge on any atom is 0.281 e. The van der Waals surface area contributed by atoms with Gasteiger partial charge in [-0.1, -0.05) is 45.4 Å². The Labute approximate surface area is 129 Å². The molecule has 22 heavy (non-hydrogen) atoms. The van der Waals surface area contributed by atoms with E-state index >= 15 is 0 Å². The van der Waals surface area contributed by atoms with Gasteiger partial charge in [-0.15, -0.1) is 0 Å². The van der Waals surface area contributed by atoms with E-state index in [4.69, 9.17) is 0 Å². The Morgan fingerprint density at radius 1 is 1.09 bits per heavy atom. The molecule has 0 aliphatic carbocycles. The number of hydrogen-bond donors (Lipinski definition) is 0. The molecular formula is C18H22FNO2. The summed E-state index contributed by atoms with van der Waals surface area (Å²) in [5, 5.41) is 0.743. The quantitative estimate of drug-likeness (QED) is 0.659. The van der Waals surface area contributed by atoms with Gasteiger partial charge in [0.05, 0.1) is 10.9 Å². The third kappa shape index (κ3) is 4.09. The first-order valence-electron chi connectivity index (χ1n) is 8.09. The third-order valence-corrected chi connectivity index (χ3v) is 3.95. The van der Waals surface area contributed by atoms with Crippen molar-refractivity contribution in [3.8, 4) is 0 Å². The highest BCUT2D eigenvalue weighted by atomic mass is 19.1. The van der Waals surface area contributed by atoms with E-state index < -0.39 is 11.7 Å². The molecule has 2 rings (SSSR count). The Bertz CT molecular complexity index is 679. The van der Waals surface area contributed by atoms with Crippen LogP contribution < -0.4 is 10.6 Å². The number of benzene rings is 1. The van der Waals surface area contributed by atoms with E-state index in [-0.39, 0.29) is 11.4 Å². The van der Waals surface area contributed by atoms with Crippen molar-refractivity contribution >= 4 is 17.3 Å². The van der Waals surface area contributed by atoms with E-state index in [9.17, 15) is 14.0 Å². The fourth-order valence-electron chi connectivity index (χ4n) is 2.72. The van der Waals surface area contributed by atoms with Gasteiger partial charge in [0.25, 0.3) is 5.91 Å². The average Bonchev–Trinajstić information content (AvgIpc) is 2.81. The van der Waals surface area contributed by atoms with Crippen molar-refractivity contribution in [1.82, 2.24) is 0 Å². The van der Waals surface area contributed by atoms with Gasteiger partial charge in [-0.3, -0.25) is 9.59 Å². The van der Waals surface area contributed by atoms with Crippen LogP contribution in [-0.2, 0) is 9.59 Å². The molecule has 3 nitrogen and oxygen atoms in total. The first kappa shape index (κ1) is 16.5. The number of rotatable bonds is 9. The number of halogens is 1. The summed E-state index contributed by atoms with van der Waals surface area (Å²) in [7, 11) is 0. The highest BCUT2D eigenvalue weighted by molar-refractivity contribution is 6.41. The van der Waals surface area contributed by atoms with Gasteiger partial charge in [-0.05, 0) is 24.6 Å². The van der Waals surface area contributed by atoms with Crippen LogP contribution >= 0.6 is 0 Å². The molecule has 0 saturated carbocycles. The highest BCUT2D eigenvalue weighted by Gasteiger charge is 2.23. The van der Waals surface area contributed by atoms with E-state index in [1.807, 2.05) is 0 Å². The molecule has 0 spiro atoms. The summed E-state index contributed by atoms with van der Waals surface area (Å²) >= 11 is 0. The molecule has 0 unspecified atom stereocenters. The minimum absolute atomic E-state index is 0.0560. The van der Waals surface area contributed by atoms with E-state index in [1.54, 1.807) is 0 Å². The van der Waals surface area contributed by atoms with Gasteiger partial charge in [0, 0.05) is 11.6 Å². The number of Topliss-reactive ketones (excluding diaryl/α,β-unsaturated/α-hetero) is 1. The topological polar surface area (TPSA) is 46.5 Å². The molecule has 0 saturated heterocycles. The van der Waals surface area contributed by atoms with Crippen LogP contribution in [0.25, 0.3) is 5.57 Å². The summed E-state index contributed by atoms with van der Waals surface area (Å²) in [4.78, 5) is 27.9. The van der Waals surface area contributed by atoms with Crippen LogP contribution in [0.4, 0.5) is 4.39 Å². The summed E-state index contributed by atoms with van der Waals surface area (Å²) < 4.78 is 13.3. The third-order valence-electron chi connectivity index (χ3n) is 3.95. The second-order valence-corrected chi connectivity index (χ2v) is 5.75. The maximum atomic E-state index is 13.3. The molecule has 0 atom stereocenters. The smallest absolute Gasteiger partial charge is 0.281 e. The first-order chi connectivity index (χ1) is 10.6. The number of carbonyl (C=O) groups excluding carboxylic acids is 2. The Morgan fingerprint density at radius 3 is 2.50 bits per heavy atom. The zero-order valence-electron chi connectivity index (χ0n) is 13.0. The van der Waals surface area contributed by atoms with Crippen molar-refractivity contribution in [1.29, 1.82) is 0 Å². The molecule has 0 fully saturated rings. The first-order valence-corrected chi connectivity index (χ1v) is 8.09. The molecule has 0 bridgehead atoms. The SMILES string of the molecule is CCCCCCCCCC(=O)C1=c2cc(F)ccc2=NC1=O. The monoisotopic (exact) mass is 303 g/mol. The molecular weight excluding hydrogens is 281 g/mol. The van der Waals surface area contributed by atoms with Gasteiger partial charge < -0.3 is 0 Å². The summed E-state index contributed by atoms with van der Waals surface area (Å²) in [6, 6.07) is 3.91. The molecule has 1 aromatic carbocycles. The van der Waals surface area contributed by atoms with Crippen LogP contribution in [0.15, 0.2) is 23.2 Å². The molecule has 1 aromatic rings. The van der Waals surface area contributed by atoms with Crippen molar-refractivity contribution in [3.63, 3.8) is 0 Å². The van der Waals surface area contributed by atoms with Crippen molar-refractivity contribution < 1.29 is 14.0 Å². The molecule has 1 aliphatic heterocycles. The van der Waals surface area contributed by atoms with E-state index in [0.29, 0.717) is 17.0 Å². The highest BCUT2D eigenvalue weighted by Crippen LogP contribution is 2.12. The summed E-state index contributed by atoms with van der Waals surface area (Å²) in [5.41, 5.74) is 0.0560. The van der Waals surface area contributed by atoms with E-state index in [2.05, 4.69) is 11.9 Å². The van der Waals surface area contributed by atoms with E-state index in [0.717, 1.165) is 19.3 Å². The van der Waals surface area contributed by atoms with Crippen LogP contribution in [0.1, 0.15) is 58.3 Å². The van der Waals surface area contributed by atoms with Crippen molar-refractivity contribution in [3.05, 3.63) is 34.6 Å².